The SMILES string of the molecule is CCC(O)(c1ccccc1)N(C)C. The third kappa shape index (κ3) is 1.90. The van der Waals surface area contributed by atoms with E-state index in [4.69, 9.17) is 0 Å². The molecule has 1 aromatic carbocycles. The molecule has 0 aliphatic rings. The summed E-state index contributed by atoms with van der Waals surface area (Å²) in [7, 11) is 3.77. The smallest absolute Gasteiger partial charge is 0.143 e. The van der Waals surface area contributed by atoms with Gasteiger partial charge in [-0.3, -0.25) is 4.90 Å². The molecule has 1 N–H and O–H groups in total. The molecular weight excluding hydrogens is 162 g/mol. The molecule has 0 aliphatic heterocycles. The maximum Gasteiger partial charge on any atom is 0.143 e. The van der Waals surface area contributed by atoms with Crippen molar-refractivity contribution in [2.24, 2.45) is 0 Å². The molecule has 0 aliphatic carbocycles. The molecule has 1 aromatic rings. The van der Waals surface area contributed by atoms with Crippen molar-refractivity contribution in [3.8, 4) is 0 Å². The Balaban J connectivity index is 3.03. The van der Waals surface area contributed by atoms with E-state index in [1.165, 1.54) is 0 Å². The summed E-state index contributed by atoms with van der Waals surface area (Å²) in [6.45, 7) is 1.98. The lowest BCUT2D eigenvalue weighted by atomic mass is 9.99. The first kappa shape index (κ1) is 10.2. The van der Waals surface area contributed by atoms with Gasteiger partial charge in [0.05, 0.1) is 0 Å². The molecule has 0 radical (unpaired) electrons. The summed E-state index contributed by atoms with van der Waals surface area (Å²) in [5.41, 5.74) is 0.115. The summed E-state index contributed by atoms with van der Waals surface area (Å²) in [5.74, 6) is 0. The van der Waals surface area contributed by atoms with E-state index in [-0.39, 0.29) is 0 Å². The van der Waals surface area contributed by atoms with Crippen molar-refractivity contribution in [3.63, 3.8) is 0 Å². The van der Waals surface area contributed by atoms with Crippen LogP contribution in [0.5, 0.6) is 0 Å². The molecule has 1 unspecified atom stereocenters. The predicted octanol–water partition coefficient (Wildman–Crippen LogP) is 1.80. The molecule has 2 nitrogen and oxygen atoms in total. The van der Waals surface area contributed by atoms with Crippen molar-refractivity contribution in [2.75, 3.05) is 14.1 Å². The van der Waals surface area contributed by atoms with Crippen LogP contribution in [0.2, 0.25) is 0 Å². The summed E-state index contributed by atoms with van der Waals surface area (Å²) in [6, 6.07) is 9.74. The molecule has 0 amide bonds. The molecule has 0 spiro atoms. The molecule has 72 valence electrons. The lowest BCUT2D eigenvalue weighted by molar-refractivity contribution is -0.0922. The molecule has 2 heteroatoms. The zero-order valence-corrected chi connectivity index (χ0v) is 8.49. The van der Waals surface area contributed by atoms with Gasteiger partial charge in [-0.25, -0.2) is 0 Å². The Morgan fingerprint density at radius 1 is 1.23 bits per heavy atom. The topological polar surface area (TPSA) is 23.5 Å². The van der Waals surface area contributed by atoms with E-state index < -0.39 is 5.72 Å². The highest BCUT2D eigenvalue weighted by atomic mass is 16.3. The van der Waals surface area contributed by atoms with Gasteiger partial charge in [-0.05, 0) is 26.1 Å². The lowest BCUT2D eigenvalue weighted by Gasteiger charge is -2.34. The lowest BCUT2D eigenvalue weighted by Crippen LogP contribution is -2.40. The van der Waals surface area contributed by atoms with E-state index in [2.05, 4.69) is 0 Å². The average molecular weight is 179 g/mol. The number of aliphatic hydroxyl groups is 1. The molecular formula is C11H17NO. The first-order valence-corrected chi connectivity index (χ1v) is 4.56. The number of hydrogen-bond acceptors (Lipinski definition) is 2. The third-order valence-electron chi connectivity index (χ3n) is 2.47. The van der Waals surface area contributed by atoms with Gasteiger partial charge in [-0.2, -0.15) is 0 Å². The van der Waals surface area contributed by atoms with Gasteiger partial charge in [0.15, 0.2) is 0 Å². The minimum absolute atomic E-state index is 0.685. The Hall–Kier alpha value is -0.860. The maximum absolute atomic E-state index is 10.3. The minimum Gasteiger partial charge on any atom is -0.371 e. The Morgan fingerprint density at radius 2 is 1.77 bits per heavy atom. The first-order valence-electron chi connectivity index (χ1n) is 4.56. The van der Waals surface area contributed by atoms with Crippen molar-refractivity contribution in [1.29, 1.82) is 0 Å². The highest BCUT2D eigenvalue weighted by Gasteiger charge is 2.28. The van der Waals surface area contributed by atoms with Crippen molar-refractivity contribution in [3.05, 3.63) is 35.9 Å². The van der Waals surface area contributed by atoms with E-state index in [1.807, 2.05) is 56.3 Å². The third-order valence-corrected chi connectivity index (χ3v) is 2.47. The Labute approximate surface area is 79.8 Å². The number of benzene rings is 1. The quantitative estimate of drug-likeness (QED) is 0.715. The number of nitrogens with zero attached hydrogens (tertiary/aromatic N) is 1. The van der Waals surface area contributed by atoms with Crippen LogP contribution >= 0.6 is 0 Å². The summed E-state index contributed by atoms with van der Waals surface area (Å²) < 4.78 is 0. The Kier molecular flexibility index (Phi) is 3.07. The molecule has 0 bridgehead atoms. The molecule has 1 atom stereocenters. The summed E-state index contributed by atoms with van der Waals surface area (Å²) in [5, 5.41) is 10.3. The molecule has 0 fully saturated rings. The van der Waals surface area contributed by atoms with Crippen LogP contribution in [-0.2, 0) is 5.72 Å². The minimum atomic E-state index is -0.832. The molecule has 0 aromatic heterocycles. The standard InChI is InChI=1S/C11H17NO/c1-4-11(13,12(2)3)10-8-6-5-7-9-10/h5-9,13H,4H2,1-3H3. The highest BCUT2D eigenvalue weighted by Crippen LogP contribution is 2.26. The van der Waals surface area contributed by atoms with E-state index >= 15 is 0 Å². The van der Waals surface area contributed by atoms with Crippen molar-refractivity contribution >= 4 is 0 Å². The van der Waals surface area contributed by atoms with Crippen LogP contribution < -0.4 is 0 Å². The van der Waals surface area contributed by atoms with Gasteiger partial charge in [-0.1, -0.05) is 37.3 Å². The van der Waals surface area contributed by atoms with Crippen molar-refractivity contribution in [2.45, 2.75) is 19.1 Å². The van der Waals surface area contributed by atoms with Gasteiger partial charge >= 0.3 is 0 Å². The predicted molar refractivity (Wildman–Crippen MR) is 54.3 cm³/mol. The monoisotopic (exact) mass is 179 g/mol. The fourth-order valence-corrected chi connectivity index (χ4v) is 1.48. The van der Waals surface area contributed by atoms with Gasteiger partial charge < -0.3 is 5.11 Å². The van der Waals surface area contributed by atoms with Crippen LogP contribution in [-0.4, -0.2) is 24.1 Å². The van der Waals surface area contributed by atoms with Crippen LogP contribution in [0.4, 0.5) is 0 Å². The maximum atomic E-state index is 10.3. The van der Waals surface area contributed by atoms with Crippen LogP contribution in [0.1, 0.15) is 18.9 Å². The second-order valence-electron chi connectivity index (χ2n) is 3.43. The first-order chi connectivity index (χ1) is 6.11. The largest absolute Gasteiger partial charge is 0.371 e. The fourth-order valence-electron chi connectivity index (χ4n) is 1.48. The zero-order chi connectivity index (χ0) is 9.90. The van der Waals surface area contributed by atoms with Crippen molar-refractivity contribution in [1.82, 2.24) is 4.90 Å². The molecule has 13 heavy (non-hydrogen) atoms. The van der Waals surface area contributed by atoms with Gasteiger partial charge in [0, 0.05) is 0 Å². The van der Waals surface area contributed by atoms with Crippen LogP contribution in [0.3, 0.4) is 0 Å². The van der Waals surface area contributed by atoms with Gasteiger partial charge in [0.2, 0.25) is 0 Å². The summed E-state index contributed by atoms with van der Waals surface area (Å²) >= 11 is 0. The van der Waals surface area contributed by atoms with E-state index in [9.17, 15) is 5.11 Å². The van der Waals surface area contributed by atoms with Crippen molar-refractivity contribution < 1.29 is 5.11 Å². The van der Waals surface area contributed by atoms with Crippen LogP contribution in [0.15, 0.2) is 30.3 Å². The van der Waals surface area contributed by atoms with Crippen LogP contribution in [0, 0.1) is 0 Å². The number of hydrogen-bond donors (Lipinski definition) is 1. The van der Waals surface area contributed by atoms with Gasteiger partial charge in [0.25, 0.3) is 0 Å². The van der Waals surface area contributed by atoms with E-state index in [0.29, 0.717) is 6.42 Å². The molecule has 0 heterocycles. The van der Waals surface area contributed by atoms with E-state index in [0.717, 1.165) is 5.56 Å². The second-order valence-corrected chi connectivity index (χ2v) is 3.43. The summed E-state index contributed by atoms with van der Waals surface area (Å²) in [4.78, 5) is 1.84. The molecule has 0 saturated heterocycles. The zero-order valence-electron chi connectivity index (χ0n) is 8.49. The Morgan fingerprint density at radius 3 is 2.15 bits per heavy atom. The highest BCUT2D eigenvalue weighted by molar-refractivity contribution is 5.21. The number of rotatable bonds is 3. The van der Waals surface area contributed by atoms with E-state index in [1.54, 1.807) is 0 Å². The molecule has 1 rings (SSSR count). The second kappa shape index (κ2) is 3.90. The van der Waals surface area contributed by atoms with Gasteiger partial charge in [0.1, 0.15) is 5.72 Å². The summed E-state index contributed by atoms with van der Waals surface area (Å²) in [6.07, 6.45) is 0.685. The van der Waals surface area contributed by atoms with Gasteiger partial charge in [-0.15, -0.1) is 0 Å². The van der Waals surface area contributed by atoms with Crippen LogP contribution in [0.25, 0.3) is 0 Å². The average Bonchev–Trinajstić information content (AvgIpc) is 2.17. The normalized spacial score (nSPS) is 15.8. The Bertz CT molecular complexity index is 258. The molecule has 0 saturated carbocycles. The fraction of sp³-hybridized carbons (Fsp3) is 0.455.